The molecule has 1 aromatic heterocycles. The van der Waals surface area contributed by atoms with Crippen molar-refractivity contribution in [3.63, 3.8) is 0 Å². The van der Waals surface area contributed by atoms with Gasteiger partial charge in [0.2, 0.25) is 11.8 Å². The topological polar surface area (TPSA) is 65.1 Å². The first-order valence-electron chi connectivity index (χ1n) is 11.0. The molecule has 3 heterocycles. The molecule has 1 aromatic carbocycles. The summed E-state index contributed by atoms with van der Waals surface area (Å²) in [4.78, 5) is 32.4. The van der Waals surface area contributed by atoms with Crippen LogP contribution < -0.4 is 5.32 Å². The molecule has 0 bridgehead atoms. The van der Waals surface area contributed by atoms with Crippen molar-refractivity contribution in [2.24, 2.45) is 0 Å². The molecule has 2 aromatic rings. The van der Waals surface area contributed by atoms with Gasteiger partial charge in [0, 0.05) is 44.1 Å². The van der Waals surface area contributed by atoms with Gasteiger partial charge in [-0.15, -0.1) is 11.3 Å². The summed E-state index contributed by atoms with van der Waals surface area (Å²) in [5.74, 6) is -0.210. The van der Waals surface area contributed by atoms with E-state index in [9.17, 15) is 14.0 Å². The van der Waals surface area contributed by atoms with Crippen LogP contribution in [0, 0.1) is 5.82 Å². The van der Waals surface area contributed by atoms with Crippen LogP contribution in [0.15, 0.2) is 41.8 Å². The van der Waals surface area contributed by atoms with E-state index in [1.54, 1.807) is 23.5 Å². The van der Waals surface area contributed by atoms with Crippen LogP contribution in [-0.2, 0) is 14.3 Å². The van der Waals surface area contributed by atoms with Crippen molar-refractivity contribution in [1.29, 1.82) is 0 Å². The molecule has 7 nitrogen and oxygen atoms in total. The van der Waals surface area contributed by atoms with Gasteiger partial charge < -0.3 is 15.0 Å². The monoisotopic (exact) mass is 460 g/mol. The Kier molecular flexibility index (Phi) is 7.85. The molecule has 1 N–H and O–H groups in total. The summed E-state index contributed by atoms with van der Waals surface area (Å²) in [5, 5.41) is 5.08. The van der Waals surface area contributed by atoms with Gasteiger partial charge in [-0.25, -0.2) is 4.39 Å². The first kappa shape index (κ1) is 22.8. The average molecular weight is 461 g/mol. The summed E-state index contributed by atoms with van der Waals surface area (Å²) in [6.45, 7) is 6.27. The molecule has 0 spiro atoms. The highest BCUT2D eigenvalue weighted by Gasteiger charge is 2.25. The summed E-state index contributed by atoms with van der Waals surface area (Å²) < 4.78 is 18.7. The highest BCUT2D eigenvalue weighted by Crippen LogP contribution is 2.26. The van der Waals surface area contributed by atoms with Crippen LogP contribution in [0.3, 0.4) is 0 Å². The Morgan fingerprint density at radius 1 is 0.969 bits per heavy atom. The molecule has 2 aliphatic rings. The normalized spacial score (nSPS) is 19.0. The van der Waals surface area contributed by atoms with E-state index in [1.807, 2.05) is 22.4 Å². The Morgan fingerprint density at radius 2 is 1.62 bits per heavy atom. The van der Waals surface area contributed by atoms with Gasteiger partial charge in [-0.3, -0.25) is 19.4 Å². The Morgan fingerprint density at radius 3 is 2.25 bits per heavy atom. The second-order valence-electron chi connectivity index (χ2n) is 8.11. The van der Waals surface area contributed by atoms with Gasteiger partial charge in [0.1, 0.15) is 5.82 Å². The number of carbonyl (C=O) groups excluding carboxylic acids is 2. The maximum atomic E-state index is 13.4. The SMILES string of the molecule is O=C(CN1CCN(CC(=O)N2CCOCC2)CC1)N[C@H](c1ccc(F)cc1)c1cccs1. The Labute approximate surface area is 191 Å². The maximum Gasteiger partial charge on any atom is 0.236 e. The highest BCUT2D eigenvalue weighted by molar-refractivity contribution is 7.10. The molecule has 9 heteroatoms. The molecule has 2 aliphatic heterocycles. The number of rotatable bonds is 7. The van der Waals surface area contributed by atoms with E-state index < -0.39 is 0 Å². The Bertz CT molecular complexity index is 879. The lowest BCUT2D eigenvalue weighted by molar-refractivity contribution is -0.137. The molecule has 1 atom stereocenters. The number of nitrogens with zero attached hydrogens (tertiary/aromatic N) is 3. The fourth-order valence-electron chi connectivity index (χ4n) is 4.05. The van der Waals surface area contributed by atoms with Crippen LogP contribution in [0.5, 0.6) is 0 Å². The number of carbonyl (C=O) groups is 2. The molecule has 2 amide bonds. The zero-order chi connectivity index (χ0) is 22.3. The van der Waals surface area contributed by atoms with E-state index in [4.69, 9.17) is 4.74 Å². The maximum absolute atomic E-state index is 13.4. The quantitative estimate of drug-likeness (QED) is 0.680. The van der Waals surface area contributed by atoms with Crippen molar-refractivity contribution in [2.45, 2.75) is 6.04 Å². The van der Waals surface area contributed by atoms with Gasteiger partial charge in [-0.2, -0.15) is 0 Å². The van der Waals surface area contributed by atoms with E-state index in [2.05, 4.69) is 15.1 Å². The van der Waals surface area contributed by atoms with Crippen LogP contribution in [0.25, 0.3) is 0 Å². The van der Waals surface area contributed by atoms with Gasteiger partial charge in [0.25, 0.3) is 0 Å². The standard InChI is InChI=1S/C23H29FN4O3S/c24-19-5-3-18(4-6-19)23(20-2-1-15-32-20)25-21(29)16-26-7-9-27(10-8-26)17-22(30)28-11-13-31-14-12-28/h1-6,15,23H,7-14,16-17H2,(H,25,29)/t23-/m1/s1. The van der Waals surface area contributed by atoms with Crippen LogP contribution in [0.1, 0.15) is 16.5 Å². The second-order valence-corrected chi connectivity index (χ2v) is 9.09. The van der Waals surface area contributed by atoms with Crippen LogP contribution >= 0.6 is 11.3 Å². The van der Waals surface area contributed by atoms with Gasteiger partial charge >= 0.3 is 0 Å². The zero-order valence-electron chi connectivity index (χ0n) is 18.0. The molecule has 0 unspecified atom stereocenters. The molecule has 0 radical (unpaired) electrons. The lowest BCUT2D eigenvalue weighted by atomic mass is 10.1. The van der Waals surface area contributed by atoms with E-state index in [1.165, 1.54) is 12.1 Å². The fraction of sp³-hybridized carbons (Fsp3) is 0.478. The molecule has 2 fully saturated rings. The molecular formula is C23H29FN4O3S. The minimum atomic E-state index is -0.296. The molecular weight excluding hydrogens is 431 g/mol. The van der Waals surface area contributed by atoms with Crippen molar-refractivity contribution in [3.05, 3.63) is 58.0 Å². The van der Waals surface area contributed by atoms with Crippen LogP contribution in [0.2, 0.25) is 0 Å². The van der Waals surface area contributed by atoms with Crippen LogP contribution in [0.4, 0.5) is 4.39 Å². The predicted octanol–water partition coefficient (Wildman–Crippen LogP) is 1.57. The fourth-order valence-corrected chi connectivity index (χ4v) is 4.85. The van der Waals surface area contributed by atoms with Crippen molar-refractivity contribution >= 4 is 23.2 Å². The van der Waals surface area contributed by atoms with E-state index in [0.717, 1.165) is 36.6 Å². The minimum absolute atomic E-state index is 0.0643. The number of hydrogen-bond donors (Lipinski definition) is 1. The summed E-state index contributed by atoms with van der Waals surface area (Å²) in [7, 11) is 0. The van der Waals surface area contributed by atoms with E-state index in [-0.39, 0.29) is 23.7 Å². The number of benzene rings is 1. The first-order chi connectivity index (χ1) is 15.6. The molecule has 2 saturated heterocycles. The van der Waals surface area contributed by atoms with Gasteiger partial charge in [0.15, 0.2) is 0 Å². The number of piperazine rings is 1. The van der Waals surface area contributed by atoms with Crippen molar-refractivity contribution in [3.8, 4) is 0 Å². The molecule has 4 rings (SSSR count). The molecule has 0 saturated carbocycles. The Hall–Kier alpha value is -2.33. The summed E-state index contributed by atoms with van der Waals surface area (Å²) in [6.07, 6.45) is 0. The van der Waals surface area contributed by atoms with Crippen molar-refractivity contribution < 1.29 is 18.7 Å². The predicted molar refractivity (Wildman–Crippen MR) is 121 cm³/mol. The van der Waals surface area contributed by atoms with E-state index >= 15 is 0 Å². The number of hydrogen-bond acceptors (Lipinski definition) is 6. The molecule has 0 aliphatic carbocycles. The number of amides is 2. The summed E-state index contributed by atoms with van der Waals surface area (Å²) in [6, 6.07) is 9.88. The average Bonchev–Trinajstić information content (AvgIpc) is 3.35. The van der Waals surface area contributed by atoms with Crippen LogP contribution in [-0.4, -0.2) is 92.1 Å². The third-order valence-corrected chi connectivity index (χ3v) is 6.83. The number of halogens is 1. The van der Waals surface area contributed by atoms with E-state index in [0.29, 0.717) is 39.4 Å². The first-order valence-corrected chi connectivity index (χ1v) is 11.8. The van der Waals surface area contributed by atoms with Gasteiger partial charge in [0.05, 0.1) is 32.3 Å². The number of thiophene rings is 1. The lowest BCUT2D eigenvalue weighted by Crippen LogP contribution is -2.53. The minimum Gasteiger partial charge on any atom is -0.378 e. The molecule has 32 heavy (non-hydrogen) atoms. The van der Waals surface area contributed by atoms with Crippen molar-refractivity contribution in [2.75, 3.05) is 65.6 Å². The lowest BCUT2D eigenvalue weighted by Gasteiger charge is -2.35. The third-order valence-electron chi connectivity index (χ3n) is 5.89. The Balaban J connectivity index is 1.26. The summed E-state index contributed by atoms with van der Waals surface area (Å²) >= 11 is 1.56. The third kappa shape index (κ3) is 6.13. The molecule has 172 valence electrons. The number of morpholine rings is 1. The zero-order valence-corrected chi connectivity index (χ0v) is 18.9. The van der Waals surface area contributed by atoms with Gasteiger partial charge in [-0.1, -0.05) is 18.2 Å². The smallest absolute Gasteiger partial charge is 0.236 e. The highest BCUT2D eigenvalue weighted by atomic mass is 32.1. The number of nitrogens with one attached hydrogen (secondary N) is 1. The second kappa shape index (κ2) is 11.0. The van der Waals surface area contributed by atoms with Crippen molar-refractivity contribution in [1.82, 2.24) is 20.0 Å². The van der Waals surface area contributed by atoms with Gasteiger partial charge in [-0.05, 0) is 29.1 Å². The summed E-state index contributed by atoms with van der Waals surface area (Å²) in [5.41, 5.74) is 0.855. The number of ether oxygens (including phenoxy) is 1. The largest absolute Gasteiger partial charge is 0.378 e.